The molecule has 0 aliphatic carbocycles. The zero-order chi connectivity index (χ0) is 15.5. The first-order chi connectivity index (χ1) is 10.6. The van der Waals surface area contributed by atoms with Gasteiger partial charge >= 0.3 is 0 Å². The minimum Gasteiger partial charge on any atom is -0.359 e. The molecule has 0 radical (unpaired) electrons. The van der Waals surface area contributed by atoms with Crippen molar-refractivity contribution in [1.29, 1.82) is 0 Å². The highest BCUT2D eigenvalue weighted by atomic mass is 32.2. The lowest BCUT2D eigenvalue weighted by atomic mass is 10.0. The van der Waals surface area contributed by atoms with E-state index in [0.717, 1.165) is 22.0 Å². The van der Waals surface area contributed by atoms with Gasteiger partial charge in [0.2, 0.25) is 0 Å². The van der Waals surface area contributed by atoms with Crippen LogP contribution in [0.2, 0.25) is 0 Å². The van der Waals surface area contributed by atoms with Crippen molar-refractivity contribution in [3.05, 3.63) is 65.4 Å². The minimum absolute atomic E-state index is 0.779. The molecular weight excluding hydrogens is 292 g/mol. The molecule has 0 aliphatic heterocycles. The summed E-state index contributed by atoms with van der Waals surface area (Å²) in [5.74, 6) is 1.62. The van der Waals surface area contributed by atoms with Gasteiger partial charge in [-0.25, -0.2) is 0 Å². The summed E-state index contributed by atoms with van der Waals surface area (Å²) in [5.41, 5.74) is 4.72. The van der Waals surface area contributed by atoms with Crippen molar-refractivity contribution in [2.75, 3.05) is 4.72 Å². The van der Waals surface area contributed by atoms with Crippen molar-refractivity contribution in [2.45, 2.75) is 25.7 Å². The fourth-order valence-electron chi connectivity index (χ4n) is 2.14. The molecular formula is C18H18N2OS. The molecule has 2 aromatic carbocycles. The number of hydrogen-bond acceptors (Lipinski definition) is 4. The molecule has 0 saturated heterocycles. The second kappa shape index (κ2) is 6.28. The third kappa shape index (κ3) is 3.02. The molecule has 0 fully saturated rings. The smallest absolute Gasteiger partial charge is 0.182 e. The summed E-state index contributed by atoms with van der Waals surface area (Å²) in [4.78, 5) is 1.16. The molecule has 0 spiro atoms. The Balaban J connectivity index is 1.85. The number of benzene rings is 2. The molecule has 22 heavy (non-hydrogen) atoms. The predicted octanol–water partition coefficient (Wildman–Crippen LogP) is 5.39. The molecule has 0 unspecified atom stereocenters. The van der Waals surface area contributed by atoms with Crippen LogP contribution in [-0.4, -0.2) is 5.16 Å². The van der Waals surface area contributed by atoms with E-state index >= 15 is 0 Å². The topological polar surface area (TPSA) is 38.1 Å². The summed E-state index contributed by atoms with van der Waals surface area (Å²) in [5, 5.41) is 4.04. The van der Waals surface area contributed by atoms with Crippen molar-refractivity contribution < 1.29 is 4.52 Å². The van der Waals surface area contributed by atoms with E-state index in [1.165, 1.54) is 16.7 Å². The average molecular weight is 310 g/mol. The molecule has 112 valence electrons. The maximum absolute atomic E-state index is 5.19. The predicted molar refractivity (Wildman–Crippen MR) is 92.1 cm³/mol. The molecule has 1 N–H and O–H groups in total. The lowest BCUT2D eigenvalue weighted by Crippen LogP contribution is -1.91. The summed E-state index contributed by atoms with van der Waals surface area (Å²) in [6.07, 6.45) is 0. The first-order valence-electron chi connectivity index (χ1n) is 7.17. The van der Waals surface area contributed by atoms with Crippen molar-refractivity contribution >= 4 is 17.8 Å². The van der Waals surface area contributed by atoms with Crippen LogP contribution in [-0.2, 0) is 0 Å². The van der Waals surface area contributed by atoms with Gasteiger partial charge in [-0.2, -0.15) is 0 Å². The molecule has 0 saturated carbocycles. The SMILES string of the molecule is Cc1ccc(-c2ccccc2SNc2noc(C)c2C)cc1. The fourth-order valence-corrected chi connectivity index (χ4v) is 2.98. The van der Waals surface area contributed by atoms with Gasteiger partial charge in [0.1, 0.15) is 5.76 Å². The Morgan fingerprint density at radius 2 is 1.68 bits per heavy atom. The van der Waals surface area contributed by atoms with Crippen LogP contribution in [0.25, 0.3) is 11.1 Å². The van der Waals surface area contributed by atoms with E-state index in [1.807, 2.05) is 19.9 Å². The van der Waals surface area contributed by atoms with Gasteiger partial charge in [-0.3, -0.25) is 0 Å². The lowest BCUT2D eigenvalue weighted by molar-refractivity contribution is 0.399. The summed E-state index contributed by atoms with van der Waals surface area (Å²) >= 11 is 1.55. The van der Waals surface area contributed by atoms with Crippen LogP contribution in [0.15, 0.2) is 57.9 Å². The number of nitrogens with zero attached hydrogens (tertiary/aromatic N) is 1. The zero-order valence-corrected chi connectivity index (χ0v) is 13.7. The molecule has 0 bridgehead atoms. The van der Waals surface area contributed by atoms with E-state index in [0.29, 0.717) is 0 Å². The standard InChI is InChI=1S/C18H18N2OS/c1-12-8-10-15(11-9-12)16-6-4-5-7-17(16)22-20-18-13(2)14(3)21-19-18/h4-11H,1-3H3,(H,19,20). The number of rotatable bonds is 4. The van der Waals surface area contributed by atoms with E-state index < -0.39 is 0 Å². The van der Waals surface area contributed by atoms with E-state index in [4.69, 9.17) is 4.52 Å². The van der Waals surface area contributed by atoms with Gasteiger partial charge in [0, 0.05) is 10.5 Å². The van der Waals surface area contributed by atoms with Gasteiger partial charge in [-0.05, 0) is 49.9 Å². The molecule has 1 heterocycles. The number of aromatic nitrogens is 1. The Hall–Kier alpha value is -2.20. The third-order valence-corrected chi connectivity index (χ3v) is 4.54. The molecule has 0 amide bonds. The van der Waals surface area contributed by atoms with Crippen LogP contribution in [0.4, 0.5) is 5.82 Å². The van der Waals surface area contributed by atoms with E-state index in [-0.39, 0.29) is 0 Å². The summed E-state index contributed by atoms with van der Waals surface area (Å²) in [6.45, 7) is 6.01. The van der Waals surface area contributed by atoms with Crippen LogP contribution in [0.1, 0.15) is 16.9 Å². The molecule has 0 aliphatic rings. The second-order valence-electron chi connectivity index (χ2n) is 5.28. The largest absolute Gasteiger partial charge is 0.359 e. The van der Waals surface area contributed by atoms with Crippen LogP contribution >= 0.6 is 11.9 Å². The van der Waals surface area contributed by atoms with Gasteiger partial charge in [0.25, 0.3) is 0 Å². The Morgan fingerprint density at radius 1 is 0.955 bits per heavy atom. The molecule has 3 nitrogen and oxygen atoms in total. The van der Waals surface area contributed by atoms with Gasteiger partial charge in [0.05, 0.1) is 0 Å². The van der Waals surface area contributed by atoms with Crippen molar-refractivity contribution in [3.8, 4) is 11.1 Å². The lowest BCUT2D eigenvalue weighted by Gasteiger charge is -2.10. The minimum atomic E-state index is 0.779. The number of aryl methyl sites for hydroxylation is 2. The Morgan fingerprint density at radius 3 is 2.36 bits per heavy atom. The molecule has 3 aromatic rings. The van der Waals surface area contributed by atoms with Gasteiger partial charge in [0.15, 0.2) is 5.82 Å². The molecule has 3 rings (SSSR count). The van der Waals surface area contributed by atoms with E-state index in [9.17, 15) is 0 Å². The maximum Gasteiger partial charge on any atom is 0.182 e. The highest BCUT2D eigenvalue weighted by Gasteiger charge is 2.10. The number of hydrogen-bond donors (Lipinski definition) is 1. The molecule has 0 atom stereocenters. The molecule has 1 aromatic heterocycles. The van der Waals surface area contributed by atoms with Gasteiger partial charge < -0.3 is 9.25 Å². The number of nitrogens with one attached hydrogen (secondary N) is 1. The van der Waals surface area contributed by atoms with Crippen molar-refractivity contribution in [3.63, 3.8) is 0 Å². The van der Waals surface area contributed by atoms with Crippen LogP contribution in [0, 0.1) is 20.8 Å². The van der Waals surface area contributed by atoms with E-state index in [2.05, 4.69) is 59.3 Å². The fraction of sp³-hybridized carbons (Fsp3) is 0.167. The Bertz CT molecular complexity index is 778. The second-order valence-corrected chi connectivity index (χ2v) is 6.13. The Labute approximate surface area is 134 Å². The highest BCUT2D eigenvalue weighted by molar-refractivity contribution is 8.00. The zero-order valence-electron chi connectivity index (χ0n) is 12.9. The first kappa shape index (κ1) is 14.7. The maximum atomic E-state index is 5.19. The van der Waals surface area contributed by atoms with Crippen molar-refractivity contribution in [2.24, 2.45) is 0 Å². The average Bonchev–Trinajstić information content (AvgIpc) is 2.86. The monoisotopic (exact) mass is 310 g/mol. The number of anilines is 1. The quantitative estimate of drug-likeness (QED) is 0.656. The van der Waals surface area contributed by atoms with Gasteiger partial charge in [-0.15, -0.1) is 0 Å². The van der Waals surface area contributed by atoms with Crippen molar-refractivity contribution in [1.82, 2.24) is 5.16 Å². The Kier molecular flexibility index (Phi) is 4.20. The first-order valence-corrected chi connectivity index (χ1v) is 7.98. The van der Waals surface area contributed by atoms with Crippen LogP contribution in [0.3, 0.4) is 0 Å². The summed E-state index contributed by atoms with van der Waals surface area (Å²) in [7, 11) is 0. The molecule has 4 heteroatoms. The third-order valence-electron chi connectivity index (χ3n) is 3.66. The van der Waals surface area contributed by atoms with Crippen LogP contribution in [0.5, 0.6) is 0 Å². The summed E-state index contributed by atoms with van der Waals surface area (Å²) < 4.78 is 8.47. The van der Waals surface area contributed by atoms with Gasteiger partial charge in [-0.1, -0.05) is 53.2 Å². The normalized spacial score (nSPS) is 10.7. The van der Waals surface area contributed by atoms with Crippen LogP contribution < -0.4 is 4.72 Å². The highest BCUT2D eigenvalue weighted by Crippen LogP contribution is 2.32. The summed E-state index contributed by atoms with van der Waals surface area (Å²) in [6, 6.07) is 16.9. The van der Waals surface area contributed by atoms with E-state index in [1.54, 1.807) is 11.9 Å².